The number of rotatable bonds is 2. The summed E-state index contributed by atoms with van der Waals surface area (Å²) in [4.78, 5) is 12.0. The van der Waals surface area contributed by atoms with Crippen LogP contribution < -0.4 is 5.32 Å². The summed E-state index contributed by atoms with van der Waals surface area (Å²) < 4.78 is 0. The van der Waals surface area contributed by atoms with E-state index in [2.05, 4.69) is 25.2 Å². The molecular weight excluding hydrogens is 186 g/mol. The van der Waals surface area contributed by atoms with E-state index in [0.29, 0.717) is 5.92 Å². The SMILES string of the molecule is CCC(C)C1(C)C(=O)Nc2ccccc21. The number of carbonyl (C=O) groups is 1. The molecule has 1 aliphatic heterocycles. The molecule has 1 amide bonds. The fourth-order valence-electron chi connectivity index (χ4n) is 2.32. The van der Waals surface area contributed by atoms with Crippen LogP contribution in [0.15, 0.2) is 24.3 Å². The van der Waals surface area contributed by atoms with Crippen LogP contribution in [0.2, 0.25) is 0 Å². The van der Waals surface area contributed by atoms with E-state index < -0.39 is 0 Å². The number of fused-ring (bicyclic) bond motifs is 1. The van der Waals surface area contributed by atoms with Gasteiger partial charge in [-0.2, -0.15) is 0 Å². The van der Waals surface area contributed by atoms with Gasteiger partial charge in [0.2, 0.25) is 5.91 Å². The molecule has 0 fully saturated rings. The van der Waals surface area contributed by atoms with Gasteiger partial charge in [-0.1, -0.05) is 38.5 Å². The second-order valence-electron chi connectivity index (χ2n) is 4.51. The highest BCUT2D eigenvalue weighted by Crippen LogP contribution is 2.43. The standard InChI is InChI=1S/C13H17NO/c1-4-9(2)13(3)10-7-5-6-8-11(10)14-12(13)15/h5-9H,4H2,1-3H3,(H,14,15). The molecular formula is C13H17NO. The van der Waals surface area contributed by atoms with Crippen molar-refractivity contribution >= 4 is 11.6 Å². The Bertz CT molecular complexity index is 399. The predicted molar refractivity (Wildman–Crippen MR) is 61.9 cm³/mol. The van der Waals surface area contributed by atoms with Crippen LogP contribution in [0.25, 0.3) is 0 Å². The summed E-state index contributed by atoms with van der Waals surface area (Å²) in [7, 11) is 0. The maximum absolute atomic E-state index is 12.0. The van der Waals surface area contributed by atoms with Crippen molar-refractivity contribution in [3.8, 4) is 0 Å². The van der Waals surface area contributed by atoms with E-state index >= 15 is 0 Å². The molecule has 0 spiro atoms. The van der Waals surface area contributed by atoms with Crippen molar-refractivity contribution in [2.24, 2.45) is 5.92 Å². The van der Waals surface area contributed by atoms with Gasteiger partial charge in [0.1, 0.15) is 0 Å². The Morgan fingerprint density at radius 1 is 1.40 bits per heavy atom. The lowest BCUT2D eigenvalue weighted by Gasteiger charge is -2.28. The van der Waals surface area contributed by atoms with E-state index in [1.54, 1.807) is 0 Å². The van der Waals surface area contributed by atoms with Gasteiger partial charge in [-0.05, 0) is 24.5 Å². The Morgan fingerprint density at radius 3 is 2.73 bits per heavy atom. The Balaban J connectivity index is 2.54. The topological polar surface area (TPSA) is 29.1 Å². The molecule has 0 radical (unpaired) electrons. The van der Waals surface area contributed by atoms with E-state index in [9.17, 15) is 4.79 Å². The lowest BCUT2D eigenvalue weighted by atomic mass is 9.72. The molecule has 80 valence electrons. The van der Waals surface area contributed by atoms with Crippen LogP contribution in [-0.4, -0.2) is 5.91 Å². The minimum absolute atomic E-state index is 0.137. The van der Waals surface area contributed by atoms with Gasteiger partial charge in [0.15, 0.2) is 0 Å². The Labute approximate surface area is 90.7 Å². The monoisotopic (exact) mass is 203 g/mol. The van der Waals surface area contributed by atoms with Gasteiger partial charge in [0.25, 0.3) is 0 Å². The Kier molecular flexibility index (Phi) is 2.29. The second-order valence-corrected chi connectivity index (χ2v) is 4.51. The Morgan fingerprint density at radius 2 is 2.07 bits per heavy atom. The van der Waals surface area contributed by atoms with Gasteiger partial charge in [0, 0.05) is 5.69 Å². The fraction of sp³-hybridized carbons (Fsp3) is 0.462. The van der Waals surface area contributed by atoms with E-state index in [0.717, 1.165) is 17.7 Å². The zero-order chi connectivity index (χ0) is 11.1. The highest BCUT2D eigenvalue weighted by atomic mass is 16.2. The van der Waals surface area contributed by atoms with Gasteiger partial charge in [0.05, 0.1) is 5.41 Å². The molecule has 1 N–H and O–H groups in total. The maximum Gasteiger partial charge on any atom is 0.235 e. The molecule has 1 aromatic carbocycles. The van der Waals surface area contributed by atoms with Crippen molar-refractivity contribution in [3.63, 3.8) is 0 Å². The van der Waals surface area contributed by atoms with Crippen LogP contribution in [-0.2, 0) is 10.2 Å². The van der Waals surface area contributed by atoms with Crippen molar-refractivity contribution in [1.82, 2.24) is 0 Å². The molecule has 2 rings (SSSR count). The number of anilines is 1. The van der Waals surface area contributed by atoms with Gasteiger partial charge in [-0.15, -0.1) is 0 Å². The molecule has 0 aromatic heterocycles. The van der Waals surface area contributed by atoms with E-state index in [1.165, 1.54) is 0 Å². The number of hydrogen-bond acceptors (Lipinski definition) is 1. The predicted octanol–water partition coefficient (Wildman–Crippen LogP) is 2.94. The first kappa shape index (κ1) is 10.2. The highest BCUT2D eigenvalue weighted by molar-refractivity contribution is 6.06. The molecule has 1 aromatic rings. The molecule has 2 heteroatoms. The zero-order valence-corrected chi connectivity index (χ0v) is 9.50. The third-order valence-corrected chi connectivity index (χ3v) is 3.80. The van der Waals surface area contributed by atoms with E-state index in [-0.39, 0.29) is 11.3 Å². The summed E-state index contributed by atoms with van der Waals surface area (Å²) in [5, 5.41) is 2.96. The van der Waals surface area contributed by atoms with Crippen LogP contribution in [0.5, 0.6) is 0 Å². The average Bonchev–Trinajstić information content (AvgIpc) is 2.52. The lowest BCUT2D eigenvalue weighted by Crippen LogP contribution is -2.37. The molecule has 1 aliphatic rings. The van der Waals surface area contributed by atoms with Crippen LogP contribution in [0, 0.1) is 5.92 Å². The van der Waals surface area contributed by atoms with Gasteiger partial charge in [-0.25, -0.2) is 0 Å². The zero-order valence-electron chi connectivity index (χ0n) is 9.50. The van der Waals surface area contributed by atoms with E-state index in [4.69, 9.17) is 0 Å². The molecule has 2 unspecified atom stereocenters. The molecule has 0 saturated carbocycles. The summed E-state index contributed by atoms with van der Waals surface area (Å²) in [5.74, 6) is 0.499. The molecule has 15 heavy (non-hydrogen) atoms. The molecule has 0 aliphatic carbocycles. The molecule has 2 nitrogen and oxygen atoms in total. The van der Waals surface area contributed by atoms with Crippen molar-refractivity contribution in [3.05, 3.63) is 29.8 Å². The number of amides is 1. The first-order valence-corrected chi connectivity index (χ1v) is 5.51. The number of carbonyl (C=O) groups excluding carboxylic acids is 1. The molecule has 0 saturated heterocycles. The molecule has 0 bridgehead atoms. The molecule has 1 heterocycles. The van der Waals surface area contributed by atoms with Crippen molar-refractivity contribution < 1.29 is 4.79 Å². The van der Waals surface area contributed by atoms with Gasteiger partial charge >= 0.3 is 0 Å². The summed E-state index contributed by atoms with van der Waals surface area (Å²) in [5.41, 5.74) is 1.76. The summed E-state index contributed by atoms with van der Waals surface area (Å²) >= 11 is 0. The van der Waals surface area contributed by atoms with Crippen molar-refractivity contribution in [1.29, 1.82) is 0 Å². The normalized spacial score (nSPS) is 25.9. The second kappa shape index (κ2) is 3.37. The number of benzene rings is 1. The van der Waals surface area contributed by atoms with Crippen molar-refractivity contribution in [2.75, 3.05) is 5.32 Å². The largest absolute Gasteiger partial charge is 0.325 e. The molecule has 2 atom stereocenters. The number of para-hydroxylation sites is 1. The van der Waals surface area contributed by atoms with Crippen LogP contribution in [0.4, 0.5) is 5.69 Å². The van der Waals surface area contributed by atoms with E-state index in [1.807, 2.05) is 25.1 Å². The first-order valence-electron chi connectivity index (χ1n) is 5.51. The number of nitrogens with one attached hydrogen (secondary N) is 1. The van der Waals surface area contributed by atoms with Gasteiger partial charge < -0.3 is 5.32 Å². The Hall–Kier alpha value is -1.31. The maximum atomic E-state index is 12.0. The third kappa shape index (κ3) is 1.28. The van der Waals surface area contributed by atoms with Crippen LogP contribution in [0.3, 0.4) is 0 Å². The van der Waals surface area contributed by atoms with Gasteiger partial charge in [-0.3, -0.25) is 4.79 Å². The smallest absolute Gasteiger partial charge is 0.235 e. The van der Waals surface area contributed by atoms with Crippen LogP contribution in [0.1, 0.15) is 32.8 Å². The fourth-order valence-corrected chi connectivity index (χ4v) is 2.32. The summed E-state index contributed by atoms with van der Waals surface area (Å²) in [6.07, 6.45) is 1.01. The lowest BCUT2D eigenvalue weighted by molar-refractivity contribution is -0.121. The highest BCUT2D eigenvalue weighted by Gasteiger charge is 2.45. The number of hydrogen-bond donors (Lipinski definition) is 1. The summed E-state index contributed by atoms with van der Waals surface area (Å²) in [6, 6.07) is 7.99. The van der Waals surface area contributed by atoms with Crippen LogP contribution >= 0.6 is 0 Å². The minimum Gasteiger partial charge on any atom is -0.325 e. The summed E-state index contributed by atoms with van der Waals surface area (Å²) in [6.45, 7) is 6.31. The first-order chi connectivity index (χ1) is 7.10. The quantitative estimate of drug-likeness (QED) is 0.786. The average molecular weight is 203 g/mol. The minimum atomic E-state index is -0.356. The van der Waals surface area contributed by atoms with Crippen molar-refractivity contribution in [2.45, 2.75) is 32.6 Å². The third-order valence-electron chi connectivity index (χ3n) is 3.80.